The quantitative estimate of drug-likeness (QED) is 0.872. The molecule has 0 spiro atoms. The van der Waals surface area contributed by atoms with Crippen molar-refractivity contribution >= 4 is 33.2 Å². The van der Waals surface area contributed by atoms with Crippen LogP contribution < -0.4 is 4.72 Å². The first-order valence-electron chi connectivity index (χ1n) is 5.89. The van der Waals surface area contributed by atoms with Crippen molar-refractivity contribution in [2.45, 2.75) is 42.0 Å². The van der Waals surface area contributed by atoms with Crippen LogP contribution in [-0.4, -0.2) is 19.8 Å². The van der Waals surface area contributed by atoms with E-state index in [0.717, 1.165) is 25.7 Å². The fourth-order valence-electron chi connectivity index (χ4n) is 2.07. The number of rotatable bonds is 3. The van der Waals surface area contributed by atoms with Gasteiger partial charge in [-0.3, -0.25) is 0 Å². The zero-order valence-corrected chi connectivity index (χ0v) is 12.1. The van der Waals surface area contributed by atoms with Gasteiger partial charge in [-0.25, -0.2) is 13.1 Å². The van der Waals surface area contributed by atoms with Crippen LogP contribution in [0.1, 0.15) is 25.7 Å². The van der Waals surface area contributed by atoms with Crippen LogP contribution in [0.2, 0.25) is 5.02 Å². The molecule has 1 aliphatic rings. The summed E-state index contributed by atoms with van der Waals surface area (Å²) in [6, 6.07) is 6.16. The van der Waals surface area contributed by atoms with Crippen molar-refractivity contribution < 1.29 is 8.42 Å². The lowest BCUT2D eigenvalue weighted by atomic mass is 9.96. The van der Waals surface area contributed by atoms with Gasteiger partial charge >= 0.3 is 0 Å². The third kappa shape index (κ3) is 3.60. The Balaban J connectivity index is 2.05. The van der Waals surface area contributed by atoms with Crippen LogP contribution in [0.4, 0.5) is 0 Å². The van der Waals surface area contributed by atoms with Crippen LogP contribution in [0, 0.1) is 0 Å². The van der Waals surface area contributed by atoms with E-state index in [0.29, 0.717) is 5.02 Å². The topological polar surface area (TPSA) is 46.2 Å². The Hall–Kier alpha value is -0.290. The molecule has 0 heterocycles. The molecule has 0 atom stereocenters. The summed E-state index contributed by atoms with van der Waals surface area (Å²) >= 11 is 11.7. The van der Waals surface area contributed by atoms with Gasteiger partial charge in [0.05, 0.1) is 4.90 Å². The average Bonchev–Trinajstić information content (AvgIpc) is 2.32. The highest BCUT2D eigenvalue weighted by Gasteiger charge is 2.24. The van der Waals surface area contributed by atoms with Gasteiger partial charge in [-0.1, -0.05) is 11.6 Å². The molecule has 18 heavy (non-hydrogen) atoms. The molecule has 0 saturated heterocycles. The van der Waals surface area contributed by atoms with Gasteiger partial charge in [0.1, 0.15) is 0 Å². The molecule has 2 rings (SSSR count). The molecule has 0 unspecified atom stereocenters. The highest BCUT2D eigenvalue weighted by Crippen LogP contribution is 2.24. The molecule has 1 saturated carbocycles. The Kier molecular flexibility index (Phi) is 4.54. The number of nitrogens with one attached hydrogen (secondary N) is 1. The number of alkyl halides is 1. The predicted molar refractivity (Wildman–Crippen MR) is 73.7 cm³/mol. The number of hydrogen-bond donors (Lipinski definition) is 1. The summed E-state index contributed by atoms with van der Waals surface area (Å²) in [6.07, 6.45) is 3.30. The summed E-state index contributed by atoms with van der Waals surface area (Å²) in [5, 5.41) is 0.706. The van der Waals surface area contributed by atoms with Crippen LogP contribution in [0.25, 0.3) is 0 Å². The summed E-state index contributed by atoms with van der Waals surface area (Å²) in [6.45, 7) is 0. The van der Waals surface area contributed by atoms with Gasteiger partial charge in [-0.15, -0.1) is 11.6 Å². The molecule has 0 aliphatic heterocycles. The summed E-state index contributed by atoms with van der Waals surface area (Å²) in [5.41, 5.74) is 0. The zero-order valence-electron chi connectivity index (χ0n) is 9.77. The van der Waals surface area contributed by atoms with Crippen LogP contribution in [0.5, 0.6) is 0 Å². The Morgan fingerprint density at radius 1 is 1.06 bits per heavy atom. The van der Waals surface area contributed by atoms with Crippen LogP contribution >= 0.6 is 23.2 Å². The molecule has 1 N–H and O–H groups in total. The normalized spacial score (nSPS) is 25.0. The van der Waals surface area contributed by atoms with E-state index >= 15 is 0 Å². The zero-order chi connectivity index (χ0) is 13.2. The molecule has 6 heteroatoms. The second-order valence-electron chi connectivity index (χ2n) is 4.52. The Bertz CT molecular complexity index is 493. The number of benzene rings is 1. The van der Waals surface area contributed by atoms with Crippen molar-refractivity contribution in [2.24, 2.45) is 0 Å². The van der Waals surface area contributed by atoms with Crippen LogP contribution in [0.15, 0.2) is 29.2 Å². The number of hydrogen-bond acceptors (Lipinski definition) is 2. The number of sulfonamides is 1. The summed E-state index contributed by atoms with van der Waals surface area (Å²) in [5.74, 6) is 0. The van der Waals surface area contributed by atoms with Gasteiger partial charge in [0.15, 0.2) is 0 Å². The van der Waals surface area contributed by atoms with Gasteiger partial charge in [-0.2, -0.15) is 0 Å². The summed E-state index contributed by atoms with van der Waals surface area (Å²) in [7, 11) is -3.45. The maximum atomic E-state index is 12.1. The average molecular weight is 308 g/mol. The van der Waals surface area contributed by atoms with Gasteiger partial charge < -0.3 is 0 Å². The van der Waals surface area contributed by atoms with Crippen molar-refractivity contribution in [3.8, 4) is 0 Å². The van der Waals surface area contributed by atoms with Crippen molar-refractivity contribution in [3.05, 3.63) is 29.3 Å². The second kappa shape index (κ2) is 5.78. The first kappa shape index (κ1) is 14.1. The monoisotopic (exact) mass is 307 g/mol. The minimum atomic E-state index is -3.45. The SMILES string of the molecule is O=S(=O)(NC1CCC(Cl)CC1)c1ccc(Cl)cc1. The lowest BCUT2D eigenvalue weighted by Crippen LogP contribution is -2.37. The van der Waals surface area contributed by atoms with E-state index in [-0.39, 0.29) is 16.3 Å². The predicted octanol–water partition coefficient (Wildman–Crippen LogP) is 3.17. The molecular formula is C12H15Cl2NO2S. The first-order valence-corrected chi connectivity index (χ1v) is 8.19. The van der Waals surface area contributed by atoms with E-state index in [1.165, 1.54) is 12.1 Å². The molecule has 0 radical (unpaired) electrons. The molecular weight excluding hydrogens is 293 g/mol. The molecule has 0 bridgehead atoms. The third-order valence-corrected chi connectivity index (χ3v) is 5.33. The summed E-state index contributed by atoms with van der Waals surface area (Å²) in [4.78, 5) is 0.250. The van der Waals surface area contributed by atoms with Crippen molar-refractivity contribution in [2.75, 3.05) is 0 Å². The van der Waals surface area contributed by atoms with E-state index in [4.69, 9.17) is 23.2 Å². The van der Waals surface area contributed by atoms with E-state index in [1.807, 2.05) is 0 Å². The van der Waals surface area contributed by atoms with E-state index in [2.05, 4.69) is 4.72 Å². The molecule has 100 valence electrons. The van der Waals surface area contributed by atoms with Gasteiger partial charge in [0.2, 0.25) is 10.0 Å². The molecule has 0 amide bonds. The van der Waals surface area contributed by atoms with Gasteiger partial charge in [0.25, 0.3) is 0 Å². The molecule has 1 aromatic rings. The number of halogens is 2. The maximum Gasteiger partial charge on any atom is 0.240 e. The Morgan fingerprint density at radius 3 is 2.17 bits per heavy atom. The molecule has 1 fully saturated rings. The van der Waals surface area contributed by atoms with Crippen molar-refractivity contribution in [1.29, 1.82) is 0 Å². The minimum Gasteiger partial charge on any atom is -0.208 e. The van der Waals surface area contributed by atoms with E-state index < -0.39 is 10.0 Å². The van der Waals surface area contributed by atoms with Crippen molar-refractivity contribution in [1.82, 2.24) is 4.72 Å². The van der Waals surface area contributed by atoms with E-state index in [9.17, 15) is 8.42 Å². The highest BCUT2D eigenvalue weighted by atomic mass is 35.5. The fourth-order valence-corrected chi connectivity index (χ4v) is 3.75. The van der Waals surface area contributed by atoms with Crippen LogP contribution in [-0.2, 0) is 10.0 Å². The summed E-state index contributed by atoms with van der Waals surface area (Å²) < 4.78 is 26.9. The van der Waals surface area contributed by atoms with Gasteiger partial charge in [0, 0.05) is 16.4 Å². The lowest BCUT2D eigenvalue weighted by molar-refractivity contribution is 0.416. The lowest BCUT2D eigenvalue weighted by Gasteiger charge is -2.25. The Labute approximate surface area is 118 Å². The largest absolute Gasteiger partial charge is 0.240 e. The smallest absolute Gasteiger partial charge is 0.208 e. The molecule has 3 nitrogen and oxygen atoms in total. The molecule has 1 aliphatic carbocycles. The molecule has 1 aromatic carbocycles. The third-order valence-electron chi connectivity index (χ3n) is 3.10. The molecule has 0 aromatic heterocycles. The first-order chi connectivity index (χ1) is 8.47. The van der Waals surface area contributed by atoms with Gasteiger partial charge in [-0.05, 0) is 49.9 Å². The fraction of sp³-hybridized carbons (Fsp3) is 0.500. The standard InChI is InChI=1S/C12H15Cl2NO2S/c13-9-1-5-11(6-2-9)15-18(16,17)12-7-3-10(14)4-8-12/h3-4,7-9,11,15H,1-2,5-6H2. The highest BCUT2D eigenvalue weighted by molar-refractivity contribution is 7.89. The van der Waals surface area contributed by atoms with Crippen molar-refractivity contribution in [3.63, 3.8) is 0 Å². The minimum absolute atomic E-state index is 0.0133. The van der Waals surface area contributed by atoms with Crippen LogP contribution in [0.3, 0.4) is 0 Å². The van der Waals surface area contributed by atoms with E-state index in [1.54, 1.807) is 12.1 Å². The Morgan fingerprint density at radius 2 is 1.61 bits per heavy atom. The maximum absolute atomic E-state index is 12.1. The second-order valence-corrected chi connectivity index (χ2v) is 7.29.